The van der Waals surface area contributed by atoms with Crippen molar-refractivity contribution in [1.29, 1.82) is 0 Å². The lowest BCUT2D eigenvalue weighted by atomic mass is 10.0. The van der Waals surface area contributed by atoms with E-state index in [0.29, 0.717) is 40.1 Å². The normalized spacial score (nSPS) is 15.7. The maximum Gasteiger partial charge on any atom is 0.582 e. The van der Waals surface area contributed by atoms with Crippen LogP contribution in [0.15, 0.2) is 133 Å². The molecule has 66 heavy (non-hydrogen) atoms. The molecule has 0 saturated carbocycles. The molecule has 0 unspecified atom stereocenters. The van der Waals surface area contributed by atoms with E-state index in [0.717, 1.165) is 114 Å². The highest BCUT2D eigenvalue weighted by atomic mass is 28.5. The summed E-state index contributed by atoms with van der Waals surface area (Å²) < 4.78 is 21.9. The molecule has 5 aromatic carbocycles. The number of hydrogen-bond donors (Lipinski definition) is 0. The Labute approximate surface area is 389 Å². The van der Waals surface area contributed by atoms with Gasteiger partial charge >= 0.3 is 8.88 Å². The van der Waals surface area contributed by atoms with Gasteiger partial charge in [-0.15, -0.1) is 0 Å². The highest BCUT2D eigenvalue weighted by Gasteiger charge is 2.59. The SMILES string of the molecule is CC[Si](CC)(CC)O[Si]1(O[Si](CC)(CC)CC)n2c3c4ccc(C)cc4c2N=C2N=C(N=c4c5c(-c6ccccc6)cccc5c(n41)=NC1=NC(=N3)c3cc(C)ccc31)c1cc(C)ccc12. The summed E-state index contributed by atoms with van der Waals surface area (Å²) in [6, 6.07) is 42.2. The Morgan fingerprint density at radius 3 is 1.52 bits per heavy atom. The van der Waals surface area contributed by atoms with Gasteiger partial charge in [0, 0.05) is 43.8 Å². The average Bonchev–Trinajstić information content (AvgIpc) is 4.05. The van der Waals surface area contributed by atoms with Crippen LogP contribution in [0, 0.1) is 20.8 Å². The van der Waals surface area contributed by atoms with Crippen LogP contribution in [0.25, 0.3) is 32.7 Å². The molecule has 2 aromatic heterocycles. The topological polar surface area (TPSA) is 102 Å². The summed E-state index contributed by atoms with van der Waals surface area (Å²) in [5, 5.41) is 3.81. The van der Waals surface area contributed by atoms with Crippen LogP contribution in [0.3, 0.4) is 0 Å². The van der Waals surface area contributed by atoms with Gasteiger partial charge in [-0.1, -0.05) is 143 Å². The van der Waals surface area contributed by atoms with Crippen LogP contribution in [0.5, 0.6) is 0 Å². The number of aliphatic imine (C=N–C) groups is 4. The first-order valence-corrected chi connectivity index (χ1v) is 30.6. The zero-order valence-electron chi connectivity index (χ0n) is 39.5. The summed E-state index contributed by atoms with van der Waals surface area (Å²) in [6.45, 7) is 20.3. The van der Waals surface area contributed by atoms with Crippen LogP contribution in [0.4, 0.5) is 11.6 Å². The minimum absolute atomic E-state index is 0.603. The van der Waals surface area contributed by atoms with E-state index in [1.54, 1.807) is 0 Å². The monoisotopic (exact) mass is 920 g/mol. The first kappa shape index (κ1) is 42.7. The lowest BCUT2D eigenvalue weighted by molar-refractivity contribution is 0.326. The van der Waals surface area contributed by atoms with Gasteiger partial charge < -0.3 is 8.23 Å². The van der Waals surface area contributed by atoms with Crippen molar-refractivity contribution in [2.45, 2.75) is 98.6 Å². The molecule has 11 rings (SSSR count). The van der Waals surface area contributed by atoms with Gasteiger partial charge in [-0.05, 0) is 86.4 Å². The molecule has 10 nitrogen and oxygen atoms in total. The number of aromatic nitrogens is 2. The zero-order valence-corrected chi connectivity index (χ0v) is 42.5. The van der Waals surface area contributed by atoms with Gasteiger partial charge in [-0.2, -0.15) is 0 Å². The molecule has 0 radical (unpaired) electrons. The Morgan fingerprint density at radius 2 is 0.924 bits per heavy atom. The maximum atomic E-state index is 8.60. The molecule has 4 aliphatic rings. The van der Waals surface area contributed by atoms with Crippen molar-refractivity contribution in [2.75, 3.05) is 0 Å². The summed E-state index contributed by atoms with van der Waals surface area (Å²) in [6.07, 6.45) is 0. The second kappa shape index (κ2) is 15.8. The van der Waals surface area contributed by atoms with E-state index in [4.69, 9.17) is 38.2 Å². The van der Waals surface area contributed by atoms with Crippen molar-refractivity contribution in [2.24, 2.45) is 30.0 Å². The molecule has 0 spiro atoms. The molecule has 4 aliphatic heterocycles. The highest BCUT2D eigenvalue weighted by Crippen LogP contribution is 2.47. The van der Waals surface area contributed by atoms with E-state index >= 15 is 0 Å². The van der Waals surface area contributed by atoms with Crippen LogP contribution < -0.4 is 11.0 Å². The fourth-order valence-corrected chi connectivity index (χ4v) is 25.5. The lowest BCUT2D eigenvalue weighted by Crippen LogP contribution is -2.71. The summed E-state index contributed by atoms with van der Waals surface area (Å²) in [5.74, 6) is 3.86. The molecule has 0 aliphatic carbocycles. The van der Waals surface area contributed by atoms with E-state index in [-0.39, 0.29) is 0 Å². The number of amidine groups is 4. The van der Waals surface area contributed by atoms with Crippen LogP contribution >= 0.6 is 0 Å². The van der Waals surface area contributed by atoms with Crippen LogP contribution in [0.1, 0.15) is 80.5 Å². The van der Waals surface area contributed by atoms with Crippen molar-refractivity contribution in [3.8, 4) is 11.1 Å². The quantitative estimate of drug-likeness (QED) is 0.121. The van der Waals surface area contributed by atoms with Crippen LogP contribution in [-0.2, 0) is 8.23 Å². The molecule has 0 amide bonds. The zero-order chi connectivity index (χ0) is 45.7. The number of benzene rings is 5. The minimum atomic E-state index is -4.32. The summed E-state index contributed by atoms with van der Waals surface area (Å²) in [7, 11) is -9.67. The number of nitrogens with zero attached hydrogens (tertiary/aromatic N) is 8. The Bertz CT molecular complexity index is 3410. The molecule has 0 saturated heterocycles. The number of fused-ring (bicyclic) bond motifs is 14. The first-order chi connectivity index (χ1) is 32.0. The molecule has 13 heteroatoms. The van der Waals surface area contributed by atoms with E-state index < -0.39 is 25.5 Å². The molecule has 6 heterocycles. The van der Waals surface area contributed by atoms with Crippen LogP contribution in [0.2, 0.25) is 36.3 Å². The van der Waals surface area contributed by atoms with Crippen molar-refractivity contribution in [3.63, 3.8) is 0 Å². The van der Waals surface area contributed by atoms with Gasteiger partial charge in [0.1, 0.15) is 22.6 Å². The molecule has 7 aromatic rings. The molecular weight excluding hydrogens is 865 g/mol. The fourth-order valence-electron chi connectivity index (χ4n) is 10.6. The molecule has 6 bridgehead atoms. The largest absolute Gasteiger partial charge is 0.582 e. The fraction of sp³-hybridized carbons (Fsp3) is 0.283. The standard InChI is InChI=1S/C53H56N8O2Si3/c1-10-64(11-2,12-3)62-66(63-65(13-4,14-5)15-6)60-50-40-29-26-35(9)32-44(40)52(60)57-47-39-28-25-34(8)31-43(39)49(55-47)59-53-45-37(36-20-17-16-18-21-36)22-19-23-41(45)51(61(53)66)56-46-38-27-24-33(7)30-42(38)48(54-46)58-50/h16-32H,10-15H2,1-9H3. The van der Waals surface area contributed by atoms with Crippen molar-refractivity contribution in [1.82, 2.24) is 8.47 Å². The smallest absolute Gasteiger partial charge is 0.404 e. The summed E-state index contributed by atoms with van der Waals surface area (Å²) in [5.41, 5.74) is 10.6. The molecule has 0 fully saturated rings. The van der Waals surface area contributed by atoms with Crippen molar-refractivity contribution >= 4 is 82.0 Å². The van der Waals surface area contributed by atoms with Gasteiger partial charge in [0.05, 0.1) is 0 Å². The summed E-state index contributed by atoms with van der Waals surface area (Å²) >= 11 is 0. The molecule has 0 atom stereocenters. The van der Waals surface area contributed by atoms with E-state index in [2.05, 4.69) is 174 Å². The molecule has 332 valence electrons. The third-order valence-electron chi connectivity index (χ3n) is 14.8. The van der Waals surface area contributed by atoms with Gasteiger partial charge in [0.25, 0.3) is 0 Å². The number of aryl methyl sites for hydroxylation is 3. The predicted molar refractivity (Wildman–Crippen MR) is 277 cm³/mol. The first-order valence-electron chi connectivity index (χ1n) is 23.8. The molecular formula is C53H56N8O2Si3. The number of hydrogen-bond acceptors (Lipinski definition) is 8. The van der Waals surface area contributed by atoms with Crippen molar-refractivity contribution in [3.05, 3.63) is 153 Å². The molecule has 0 N–H and O–H groups in total. The second-order valence-electron chi connectivity index (χ2n) is 18.4. The average molecular weight is 921 g/mol. The predicted octanol–water partition coefficient (Wildman–Crippen LogP) is 12.0. The van der Waals surface area contributed by atoms with Gasteiger partial charge in [-0.3, -0.25) is 8.47 Å². The van der Waals surface area contributed by atoms with E-state index in [9.17, 15) is 0 Å². The van der Waals surface area contributed by atoms with Gasteiger partial charge in [0.15, 0.2) is 40.0 Å². The Balaban J connectivity index is 1.50. The Hall–Kier alpha value is -5.97. The maximum absolute atomic E-state index is 8.60. The van der Waals surface area contributed by atoms with E-state index in [1.165, 1.54) is 0 Å². The Kier molecular flexibility index (Phi) is 10.2. The van der Waals surface area contributed by atoms with Crippen LogP contribution in [-0.4, -0.2) is 57.3 Å². The lowest BCUT2D eigenvalue weighted by Gasteiger charge is -2.45. The van der Waals surface area contributed by atoms with Gasteiger partial charge in [0.2, 0.25) is 0 Å². The third-order valence-corrected chi connectivity index (χ3v) is 30.1. The number of rotatable bonds is 11. The summed E-state index contributed by atoms with van der Waals surface area (Å²) in [4.78, 5) is 34.1. The highest BCUT2D eigenvalue weighted by molar-refractivity contribution is 6.89. The van der Waals surface area contributed by atoms with E-state index in [1.807, 2.05) is 0 Å². The van der Waals surface area contributed by atoms with Crippen molar-refractivity contribution < 1.29 is 8.23 Å². The Morgan fingerprint density at radius 1 is 0.424 bits per heavy atom. The van der Waals surface area contributed by atoms with Gasteiger partial charge in [-0.25, -0.2) is 30.0 Å². The minimum Gasteiger partial charge on any atom is -0.404 e. The second-order valence-corrected chi connectivity index (χ2v) is 31.0. The third kappa shape index (κ3) is 6.30.